The fourth-order valence-corrected chi connectivity index (χ4v) is 2.38. The Morgan fingerprint density at radius 1 is 1.42 bits per heavy atom. The van der Waals surface area contributed by atoms with Crippen molar-refractivity contribution in [3.63, 3.8) is 0 Å². The monoisotopic (exact) mass is 323 g/mol. The fraction of sp³-hybridized carbons (Fsp3) is 0.133. The number of methoxy groups -OCH3 is 1. The number of hydrogen-bond donors (Lipinski definition) is 1. The van der Waals surface area contributed by atoms with Gasteiger partial charge in [-0.05, 0) is 35.0 Å². The van der Waals surface area contributed by atoms with Gasteiger partial charge in [-0.3, -0.25) is 0 Å². The average molecular weight is 323 g/mol. The summed E-state index contributed by atoms with van der Waals surface area (Å²) in [6.45, 7) is 1.88. The molecule has 0 radical (unpaired) electrons. The van der Waals surface area contributed by atoms with E-state index in [1.54, 1.807) is 10.6 Å². The minimum Gasteiger partial charge on any atom is -0.464 e. The van der Waals surface area contributed by atoms with Gasteiger partial charge in [-0.25, -0.2) is 9.48 Å². The Balaban J connectivity index is 2.24. The van der Waals surface area contributed by atoms with Gasteiger partial charge < -0.3 is 15.0 Å². The number of aromatic nitrogens is 5. The van der Waals surface area contributed by atoms with Gasteiger partial charge in [0.2, 0.25) is 0 Å². The SMILES string of the molecule is COC(=O)c1c(N)c(C#N)cn1-c1cc(-n2cnnn2)ccc1C. The molecule has 0 aliphatic carbocycles. The summed E-state index contributed by atoms with van der Waals surface area (Å²) in [5.41, 5.74) is 8.54. The van der Waals surface area contributed by atoms with Crippen molar-refractivity contribution in [3.8, 4) is 17.4 Å². The van der Waals surface area contributed by atoms with Crippen LogP contribution in [0.25, 0.3) is 11.4 Å². The number of hydrogen-bond acceptors (Lipinski definition) is 7. The van der Waals surface area contributed by atoms with Crippen molar-refractivity contribution in [2.45, 2.75) is 6.92 Å². The second-order valence-corrected chi connectivity index (χ2v) is 5.00. The molecular formula is C15H13N7O2. The van der Waals surface area contributed by atoms with Gasteiger partial charge in [0.15, 0.2) is 5.69 Å². The number of aryl methyl sites for hydroxylation is 1. The number of anilines is 1. The number of tetrazole rings is 1. The van der Waals surface area contributed by atoms with Gasteiger partial charge in [0.1, 0.15) is 12.4 Å². The number of benzene rings is 1. The smallest absolute Gasteiger partial charge is 0.357 e. The van der Waals surface area contributed by atoms with E-state index in [4.69, 9.17) is 10.5 Å². The summed E-state index contributed by atoms with van der Waals surface area (Å²) in [6, 6.07) is 7.46. The molecule has 0 unspecified atom stereocenters. The van der Waals surface area contributed by atoms with Gasteiger partial charge in [0.25, 0.3) is 0 Å². The third-order valence-corrected chi connectivity index (χ3v) is 3.61. The first-order valence-electron chi connectivity index (χ1n) is 6.90. The van der Waals surface area contributed by atoms with Crippen LogP contribution in [0.15, 0.2) is 30.7 Å². The second kappa shape index (κ2) is 5.85. The molecule has 2 heterocycles. The van der Waals surface area contributed by atoms with Crippen LogP contribution in [-0.2, 0) is 4.74 Å². The molecule has 1 aromatic carbocycles. The van der Waals surface area contributed by atoms with Crippen LogP contribution in [-0.4, -0.2) is 37.9 Å². The lowest BCUT2D eigenvalue weighted by Crippen LogP contribution is -2.12. The normalized spacial score (nSPS) is 10.4. The third kappa shape index (κ3) is 2.36. The molecule has 24 heavy (non-hydrogen) atoms. The van der Waals surface area contributed by atoms with Gasteiger partial charge in [-0.15, -0.1) is 5.10 Å². The topological polar surface area (TPSA) is 125 Å². The molecule has 3 aromatic rings. The predicted molar refractivity (Wildman–Crippen MR) is 83.7 cm³/mol. The molecular weight excluding hydrogens is 310 g/mol. The maximum absolute atomic E-state index is 12.1. The molecule has 0 aliphatic rings. The van der Waals surface area contributed by atoms with Crippen LogP contribution in [0, 0.1) is 18.3 Å². The molecule has 2 aromatic heterocycles. The number of nitrogens with two attached hydrogens (primary N) is 1. The fourth-order valence-electron chi connectivity index (χ4n) is 2.38. The number of esters is 1. The highest BCUT2D eigenvalue weighted by molar-refractivity contribution is 5.96. The van der Waals surface area contributed by atoms with Crippen molar-refractivity contribution in [1.29, 1.82) is 5.26 Å². The number of nitrogens with zero attached hydrogens (tertiary/aromatic N) is 6. The maximum Gasteiger partial charge on any atom is 0.357 e. The van der Waals surface area contributed by atoms with E-state index in [-0.39, 0.29) is 16.9 Å². The maximum atomic E-state index is 12.1. The molecule has 0 fully saturated rings. The number of carbonyl (C=O) groups is 1. The van der Waals surface area contributed by atoms with Crippen molar-refractivity contribution in [2.24, 2.45) is 0 Å². The Kier molecular flexibility index (Phi) is 3.71. The first-order chi connectivity index (χ1) is 11.6. The molecule has 0 spiro atoms. The molecule has 0 atom stereocenters. The lowest BCUT2D eigenvalue weighted by molar-refractivity contribution is 0.0593. The zero-order valence-corrected chi connectivity index (χ0v) is 13.0. The minimum absolute atomic E-state index is 0.0802. The molecule has 0 amide bonds. The molecule has 0 saturated carbocycles. The molecule has 120 valence electrons. The molecule has 9 heteroatoms. The zero-order valence-electron chi connectivity index (χ0n) is 13.0. The summed E-state index contributed by atoms with van der Waals surface area (Å²) >= 11 is 0. The van der Waals surface area contributed by atoms with Gasteiger partial charge in [-0.1, -0.05) is 6.07 Å². The largest absolute Gasteiger partial charge is 0.464 e. The molecule has 2 N–H and O–H groups in total. The molecule has 0 saturated heterocycles. The minimum atomic E-state index is -0.624. The Labute approximate surface area is 136 Å². The molecule has 9 nitrogen and oxygen atoms in total. The number of nitriles is 1. The van der Waals surface area contributed by atoms with E-state index in [9.17, 15) is 10.1 Å². The first kappa shape index (κ1) is 15.2. The summed E-state index contributed by atoms with van der Waals surface area (Å²) in [5.74, 6) is -0.624. The lowest BCUT2D eigenvalue weighted by Gasteiger charge is -2.12. The Morgan fingerprint density at radius 3 is 2.83 bits per heavy atom. The lowest BCUT2D eigenvalue weighted by atomic mass is 10.1. The highest BCUT2D eigenvalue weighted by Gasteiger charge is 2.22. The van der Waals surface area contributed by atoms with Crippen LogP contribution in [0.2, 0.25) is 0 Å². The van der Waals surface area contributed by atoms with E-state index in [0.29, 0.717) is 11.4 Å². The van der Waals surface area contributed by atoms with Crippen LogP contribution in [0.1, 0.15) is 21.6 Å². The van der Waals surface area contributed by atoms with Crippen molar-refractivity contribution < 1.29 is 9.53 Å². The molecule has 0 bridgehead atoms. The standard InChI is InChI=1S/C15H13N7O2/c1-9-3-4-11(22-8-18-19-20-22)5-12(9)21-7-10(6-16)13(17)14(21)15(23)24-2/h3-5,7-8H,17H2,1-2H3. The number of ether oxygens (including phenoxy) is 1. The molecule has 3 rings (SSSR count). The van der Waals surface area contributed by atoms with Gasteiger partial charge in [0, 0.05) is 6.20 Å². The summed E-state index contributed by atoms with van der Waals surface area (Å²) in [6.07, 6.45) is 2.97. The zero-order chi connectivity index (χ0) is 17.3. The third-order valence-electron chi connectivity index (χ3n) is 3.61. The van der Waals surface area contributed by atoms with Crippen molar-refractivity contribution in [3.05, 3.63) is 47.5 Å². The highest BCUT2D eigenvalue weighted by Crippen LogP contribution is 2.27. The van der Waals surface area contributed by atoms with Gasteiger partial charge >= 0.3 is 5.97 Å². The number of carbonyl (C=O) groups excluding carboxylic acids is 1. The van der Waals surface area contributed by atoms with Crippen LogP contribution in [0.4, 0.5) is 5.69 Å². The Hall–Kier alpha value is -3.67. The van der Waals surface area contributed by atoms with E-state index in [1.165, 1.54) is 24.3 Å². The van der Waals surface area contributed by atoms with E-state index >= 15 is 0 Å². The quantitative estimate of drug-likeness (QED) is 0.713. The van der Waals surface area contributed by atoms with Crippen LogP contribution in [0.3, 0.4) is 0 Å². The summed E-state index contributed by atoms with van der Waals surface area (Å²) in [7, 11) is 1.26. The Bertz CT molecular complexity index is 951. The second-order valence-electron chi connectivity index (χ2n) is 5.00. The van der Waals surface area contributed by atoms with E-state index in [2.05, 4.69) is 15.5 Å². The van der Waals surface area contributed by atoms with Crippen LogP contribution >= 0.6 is 0 Å². The number of nitrogen functional groups attached to an aromatic ring is 1. The van der Waals surface area contributed by atoms with E-state index < -0.39 is 5.97 Å². The van der Waals surface area contributed by atoms with Gasteiger partial charge in [-0.2, -0.15) is 5.26 Å². The van der Waals surface area contributed by atoms with E-state index in [1.807, 2.05) is 25.1 Å². The number of rotatable bonds is 3. The van der Waals surface area contributed by atoms with Crippen molar-refractivity contribution >= 4 is 11.7 Å². The summed E-state index contributed by atoms with van der Waals surface area (Å²) in [5, 5.41) is 20.3. The van der Waals surface area contributed by atoms with Gasteiger partial charge in [0.05, 0.1) is 29.7 Å². The summed E-state index contributed by atoms with van der Waals surface area (Å²) in [4.78, 5) is 12.1. The van der Waals surface area contributed by atoms with E-state index in [0.717, 1.165) is 5.56 Å². The van der Waals surface area contributed by atoms with Crippen LogP contribution in [0.5, 0.6) is 0 Å². The highest BCUT2D eigenvalue weighted by atomic mass is 16.5. The van der Waals surface area contributed by atoms with Crippen molar-refractivity contribution in [2.75, 3.05) is 12.8 Å². The van der Waals surface area contributed by atoms with Crippen LogP contribution < -0.4 is 5.73 Å². The van der Waals surface area contributed by atoms with Crippen molar-refractivity contribution in [1.82, 2.24) is 24.8 Å². The summed E-state index contributed by atoms with van der Waals surface area (Å²) < 4.78 is 7.82. The predicted octanol–water partition coefficient (Wildman–Crippen LogP) is 1.00. The Morgan fingerprint density at radius 2 is 2.21 bits per heavy atom. The first-order valence-corrected chi connectivity index (χ1v) is 6.90. The molecule has 0 aliphatic heterocycles. The average Bonchev–Trinajstić information content (AvgIpc) is 3.22.